The van der Waals surface area contributed by atoms with Gasteiger partial charge in [-0.1, -0.05) is 39.8 Å². The Morgan fingerprint density at radius 3 is 2.60 bits per heavy atom. The highest BCUT2D eigenvalue weighted by atomic mass is 79.9. The van der Waals surface area contributed by atoms with Gasteiger partial charge >= 0.3 is 0 Å². The van der Waals surface area contributed by atoms with Crippen molar-refractivity contribution in [2.45, 2.75) is 36.9 Å². The van der Waals surface area contributed by atoms with Crippen molar-refractivity contribution in [3.8, 4) is 11.4 Å². The molecule has 2 aliphatic rings. The van der Waals surface area contributed by atoms with E-state index in [1.165, 1.54) is 42.1 Å². The highest BCUT2D eigenvalue weighted by molar-refractivity contribution is 9.10. The number of carbonyl (C=O) groups excluding carboxylic acids is 1. The summed E-state index contributed by atoms with van der Waals surface area (Å²) in [6.45, 7) is 0. The molecule has 1 aromatic carbocycles. The SMILES string of the molecule is Nn1c(SCC(=O)NC(C2CC2)C2CC2)nnc1-c1ccccc1Br. The molecule has 0 radical (unpaired) electrons. The lowest BCUT2D eigenvalue weighted by molar-refractivity contribution is -0.119. The average molecular weight is 422 g/mol. The molecule has 0 saturated heterocycles. The smallest absolute Gasteiger partial charge is 0.230 e. The average Bonchev–Trinajstić information content (AvgIpc) is 3.51. The van der Waals surface area contributed by atoms with Crippen molar-refractivity contribution in [2.75, 3.05) is 11.6 Å². The quantitative estimate of drug-likeness (QED) is 0.530. The Morgan fingerprint density at radius 1 is 1.28 bits per heavy atom. The maximum Gasteiger partial charge on any atom is 0.230 e. The molecule has 2 saturated carbocycles. The minimum Gasteiger partial charge on any atom is -0.352 e. The molecule has 0 spiro atoms. The number of halogens is 1. The van der Waals surface area contributed by atoms with Crippen molar-refractivity contribution < 1.29 is 4.79 Å². The maximum absolute atomic E-state index is 12.3. The molecule has 6 nitrogen and oxygen atoms in total. The molecule has 0 unspecified atom stereocenters. The number of rotatable bonds is 7. The van der Waals surface area contributed by atoms with E-state index in [2.05, 4.69) is 31.4 Å². The summed E-state index contributed by atoms with van der Waals surface area (Å²) in [5, 5.41) is 12.0. The normalized spacial score (nSPS) is 17.0. The number of nitrogens with one attached hydrogen (secondary N) is 1. The van der Waals surface area contributed by atoms with E-state index in [1.54, 1.807) is 0 Å². The summed E-state index contributed by atoms with van der Waals surface area (Å²) in [5.74, 6) is 8.45. The zero-order valence-electron chi connectivity index (χ0n) is 13.7. The van der Waals surface area contributed by atoms with Gasteiger partial charge in [0.05, 0.1) is 5.75 Å². The van der Waals surface area contributed by atoms with Gasteiger partial charge in [-0.05, 0) is 49.7 Å². The number of hydrogen-bond acceptors (Lipinski definition) is 5. The van der Waals surface area contributed by atoms with Crippen molar-refractivity contribution in [3.05, 3.63) is 28.7 Å². The summed E-state index contributed by atoms with van der Waals surface area (Å²) in [5.41, 5.74) is 0.872. The minimum absolute atomic E-state index is 0.0549. The van der Waals surface area contributed by atoms with Crippen LogP contribution in [0.1, 0.15) is 25.7 Å². The lowest BCUT2D eigenvalue weighted by atomic mass is 10.1. The third-order valence-electron chi connectivity index (χ3n) is 4.70. The molecule has 4 rings (SSSR count). The summed E-state index contributed by atoms with van der Waals surface area (Å²) in [6, 6.07) is 8.08. The van der Waals surface area contributed by atoms with Crippen molar-refractivity contribution >= 4 is 33.6 Å². The zero-order valence-corrected chi connectivity index (χ0v) is 16.1. The fraction of sp³-hybridized carbons (Fsp3) is 0.471. The summed E-state index contributed by atoms with van der Waals surface area (Å²) in [6.07, 6.45) is 5.00. The lowest BCUT2D eigenvalue weighted by Gasteiger charge is -2.17. The predicted octanol–water partition coefficient (Wildman–Crippen LogP) is 2.82. The first kappa shape index (κ1) is 16.9. The molecule has 3 N–H and O–H groups in total. The van der Waals surface area contributed by atoms with Gasteiger partial charge in [-0.3, -0.25) is 4.79 Å². The van der Waals surface area contributed by atoms with Gasteiger partial charge < -0.3 is 11.2 Å². The number of nitrogens with two attached hydrogens (primary N) is 1. The molecule has 2 fully saturated rings. The number of carbonyl (C=O) groups is 1. The van der Waals surface area contributed by atoms with E-state index in [1.807, 2.05) is 24.3 Å². The van der Waals surface area contributed by atoms with Crippen molar-refractivity contribution in [2.24, 2.45) is 11.8 Å². The molecule has 1 amide bonds. The maximum atomic E-state index is 12.3. The van der Waals surface area contributed by atoms with Crippen LogP contribution in [0, 0.1) is 11.8 Å². The summed E-state index contributed by atoms with van der Waals surface area (Å²) in [7, 11) is 0. The fourth-order valence-electron chi connectivity index (χ4n) is 3.09. The van der Waals surface area contributed by atoms with Crippen molar-refractivity contribution in [1.82, 2.24) is 20.2 Å². The minimum atomic E-state index is 0.0549. The van der Waals surface area contributed by atoms with Crippen LogP contribution in [-0.2, 0) is 4.79 Å². The van der Waals surface area contributed by atoms with Crippen LogP contribution in [0.15, 0.2) is 33.9 Å². The van der Waals surface area contributed by atoms with E-state index in [-0.39, 0.29) is 5.91 Å². The van der Waals surface area contributed by atoms with Gasteiger partial charge in [-0.15, -0.1) is 10.2 Å². The monoisotopic (exact) mass is 421 g/mol. The van der Waals surface area contributed by atoms with E-state index in [9.17, 15) is 4.79 Å². The lowest BCUT2D eigenvalue weighted by Crippen LogP contribution is -2.39. The zero-order chi connectivity index (χ0) is 17.4. The molecular weight excluding hydrogens is 402 g/mol. The summed E-state index contributed by atoms with van der Waals surface area (Å²) >= 11 is 4.82. The fourth-order valence-corrected chi connectivity index (χ4v) is 4.22. The van der Waals surface area contributed by atoms with Crippen LogP contribution in [-0.4, -0.2) is 32.6 Å². The summed E-state index contributed by atoms with van der Waals surface area (Å²) < 4.78 is 2.34. The van der Waals surface area contributed by atoms with Crippen LogP contribution < -0.4 is 11.2 Å². The topological polar surface area (TPSA) is 85.8 Å². The number of hydrogen-bond donors (Lipinski definition) is 2. The first-order valence-corrected chi connectivity index (χ1v) is 10.3. The summed E-state index contributed by atoms with van der Waals surface area (Å²) in [4.78, 5) is 12.3. The van der Waals surface area contributed by atoms with E-state index in [4.69, 9.17) is 5.84 Å². The second-order valence-corrected chi connectivity index (χ2v) is 8.51. The third kappa shape index (κ3) is 3.84. The van der Waals surface area contributed by atoms with Gasteiger partial charge in [0.25, 0.3) is 0 Å². The molecule has 1 heterocycles. The molecule has 8 heteroatoms. The van der Waals surface area contributed by atoms with Crippen molar-refractivity contribution in [3.63, 3.8) is 0 Å². The van der Waals surface area contributed by atoms with Crippen molar-refractivity contribution in [1.29, 1.82) is 0 Å². The van der Waals surface area contributed by atoms with Crippen LogP contribution in [0.5, 0.6) is 0 Å². The predicted molar refractivity (Wildman–Crippen MR) is 101 cm³/mol. The van der Waals surface area contributed by atoms with E-state index in [0.29, 0.717) is 34.6 Å². The highest BCUT2D eigenvalue weighted by Crippen LogP contribution is 2.44. The number of thioether (sulfide) groups is 1. The number of nitrogens with zero attached hydrogens (tertiary/aromatic N) is 3. The Balaban J connectivity index is 1.38. The molecule has 0 atom stereocenters. The third-order valence-corrected chi connectivity index (χ3v) is 6.33. The molecule has 0 aliphatic heterocycles. The van der Waals surface area contributed by atoms with Gasteiger partial charge in [0.1, 0.15) is 0 Å². The Labute approximate surface area is 159 Å². The van der Waals surface area contributed by atoms with Gasteiger partial charge in [0.2, 0.25) is 11.1 Å². The van der Waals surface area contributed by atoms with Crippen LogP contribution in [0.4, 0.5) is 0 Å². The second-order valence-electron chi connectivity index (χ2n) is 6.71. The van der Waals surface area contributed by atoms with Crippen LogP contribution >= 0.6 is 27.7 Å². The Hall–Kier alpha value is -1.54. The first-order chi connectivity index (χ1) is 12.1. The first-order valence-electron chi connectivity index (χ1n) is 8.51. The number of nitrogen functional groups attached to an aromatic ring is 1. The van der Waals surface area contributed by atoms with Gasteiger partial charge in [-0.2, -0.15) is 0 Å². The largest absolute Gasteiger partial charge is 0.352 e. The molecule has 2 aliphatic carbocycles. The van der Waals surface area contributed by atoms with Gasteiger partial charge in [0, 0.05) is 16.1 Å². The highest BCUT2D eigenvalue weighted by Gasteiger charge is 2.42. The van der Waals surface area contributed by atoms with E-state index in [0.717, 1.165) is 10.0 Å². The molecule has 132 valence electrons. The van der Waals surface area contributed by atoms with Crippen LogP contribution in [0.2, 0.25) is 0 Å². The van der Waals surface area contributed by atoms with E-state index < -0.39 is 0 Å². The molecule has 0 bridgehead atoms. The number of amides is 1. The molecule has 25 heavy (non-hydrogen) atoms. The van der Waals surface area contributed by atoms with Gasteiger partial charge in [0.15, 0.2) is 5.82 Å². The van der Waals surface area contributed by atoms with Crippen LogP contribution in [0.3, 0.4) is 0 Å². The Morgan fingerprint density at radius 2 is 1.96 bits per heavy atom. The molecular formula is C17H20BrN5OS. The standard InChI is InChI=1S/C17H20BrN5OS/c18-13-4-2-1-3-12(13)16-21-22-17(23(16)19)25-9-14(24)20-15(10-5-6-10)11-7-8-11/h1-4,10-11,15H,5-9,19H2,(H,20,24). The number of aromatic nitrogens is 3. The van der Waals surface area contributed by atoms with E-state index >= 15 is 0 Å². The second kappa shape index (κ2) is 6.99. The number of benzene rings is 1. The Bertz CT molecular complexity index is 775. The Kier molecular flexibility index (Phi) is 4.73. The van der Waals surface area contributed by atoms with Gasteiger partial charge in [-0.25, -0.2) is 4.68 Å². The molecule has 1 aromatic heterocycles. The molecule has 2 aromatic rings. The van der Waals surface area contributed by atoms with Crippen LogP contribution in [0.25, 0.3) is 11.4 Å².